The Bertz CT molecular complexity index is 383. The minimum atomic E-state index is -0.399. The van der Waals surface area contributed by atoms with Crippen molar-refractivity contribution in [2.45, 2.75) is 71.2 Å². The number of hydrogen-bond donors (Lipinski definition) is 1. The summed E-state index contributed by atoms with van der Waals surface area (Å²) in [4.78, 5) is 26.5. The van der Waals surface area contributed by atoms with Crippen LogP contribution in [0, 0.1) is 5.92 Å². The fourth-order valence-corrected chi connectivity index (χ4v) is 3.10. The SMILES string of the molecule is CCC1C(=O)NC(C(C)C)C(=O)N1CC1CCC(C)O1. The van der Waals surface area contributed by atoms with Gasteiger partial charge >= 0.3 is 0 Å². The second-order valence-corrected chi connectivity index (χ2v) is 6.29. The molecule has 2 aliphatic heterocycles. The predicted octanol–water partition coefficient (Wildman–Crippen LogP) is 1.32. The van der Waals surface area contributed by atoms with E-state index in [1.165, 1.54) is 0 Å². The number of nitrogens with one attached hydrogen (secondary N) is 1. The van der Waals surface area contributed by atoms with Gasteiger partial charge in [-0.2, -0.15) is 0 Å². The molecule has 2 saturated heterocycles. The van der Waals surface area contributed by atoms with Gasteiger partial charge in [0.25, 0.3) is 0 Å². The van der Waals surface area contributed by atoms with Crippen molar-refractivity contribution in [3.63, 3.8) is 0 Å². The van der Waals surface area contributed by atoms with Gasteiger partial charge in [-0.25, -0.2) is 0 Å². The summed E-state index contributed by atoms with van der Waals surface area (Å²) in [6.07, 6.45) is 2.97. The Labute approximate surface area is 121 Å². The molecule has 0 aromatic carbocycles. The van der Waals surface area contributed by atoms with Crippen molar-refractivity contribution in [3.8, 4) is 0 Å². The minimum absolute atomic E-state index is 0.0307. The van der Waals surface area contributed by atoms with Crippen molar-refractivity contribution in [1.82, 2.24) is 10.2 Å². The van der Waals surface area contributed by atoms with Crippen LogP contribution in [0.25, 0.3) is 0 Å². The van der Waals surface area contributed by atoms with E-state index < -0.39 is 6.04 Å². The highest BCUT2D eigenvalue weighted by molar-refractivity contribution is 5.97. The largest absolute Gasteiger partial charge is 0.373 e. The fourth-order valence-electron chi connectivity index (χ4n) is 3.10. The highest BCUT2D eigenvalue weighted by Crippen LogP contribution is 2.24. The summed E-state index contributed by atoms with van der Waals surface area (Å²) in [7, 11) is 0. The summed E-state index contributed by atoms with van der Waals surface area (Å²) in [6.45, 7) is 8.46. The first-order chi connectivity index (χ1) is 9.43. The van der Waals surface area contributed by atoms with Crippen molar-refractivity contribution in [1.29, 1.82) is 0 Å². The number of hydrogen-bond acceptors (Lipinski definition) is 3. The summed E-state index contributed by atoms with van der Waals surface area (Å²) in [5, 5.41) is 2.86. The second-order valence-electron chi connectivity index (χ2n) is 6.29. The van der Waals surface area contributed by atoms with Gasteiger partial charge in [0.05, 0.1) is 12.2 Å². The summed E-state index contributed by atoms with van der Waals surface area (Å²) in [5.41, 5.74) is 0. The molecule has 0 bridgehead atoms. The Hall–Kier alpha value is -1.10. The first kappa shape index (κ1) is 15.3. The van der Waals surface area contributed by atoms with Gasteiger partial charge in [0.2, 0.25) is 11.8 Å². The van der Waals surface area contributed by atoms with Crippen molar-refractivity contribution >= 4 is 11.8 Å². The number of rotatable bonds is 4. The van der Waals surface area contributed by atoms with E-state index in [0.29, 0.717) is 13.0 Å². The van der Waals surface area contributed by atoms with Crippen LogP contribution in [-0.2, 0) is 14.3 Å². The van der Waals surface area contributed by atoms with E-state index in [1.54, 1.807) is 4.90 Å². The van der Waals surface area contributed by atoms with E-state index in [0.717, 1.165) is 12.8 Å². The number of carbonyl (C=O) groups is 2. The van der Waals surface area contributed by atoms with Crippen molar-refractivity contribution in [3.05, 3.63) is 0 Å². The molecular formula is C15H26N2O3. The maximum absolute atomic E-state index is 12.6. The zero-order valence-corrected chi connectivity index (χ0v) is 12.9. The third kappa shape index (κ3) is 2.97. The molecule has 0 aromatic rings. The van der Waals surface area contributed by atoms with Gasteiger partial charge in [-0.05, 0) is 32.1 Å². The molecule has 4 unspecified atom stereocenters. The molecule has 1 N–H and O–H groups in total. The first-order valence-electron chi connectivity index (χ1n) is 7.70. The number of ether oxygens (including phenoxy) is 1. The van der Waals surface area contributed by atoms with Gasteiger partial charge in [-0.15, -0.1) is 0 Å². The minimum Gasteiger partial charge on any atom is -0.373 e. The number of nitrogens with zero attached hydrogens (tertiary/aromatic N) is 1. The molecule has 2 rings (SSSR count). The Morgan fingerprint density at radius 1 is 1.35 bits per heavy atom. The standard InChI is InChI=1S/C15H26N2O3/c1-5-12-14(18)16-13(9(2)3)15(19)17(12)8-11-7-6-10(4)20-11/h9-13H,5-8H2,1-4H3,(H,16,18). The fraction of sp³-hybridized carbons (Fsp3) is 0.867. The third-order valence-electron chi connectivity index (χ3n) is 4.30. The zero-order valence-electron chi connectivity index (χ0n) is 12.9. The Balaban J connectivity index is 2.12. The van der Waals surface area contributed by atoms with Crippen LogP contribution in [0.3, 0.4) is 0 Å². The summed E-state index contributed by atoms with van der Waals surface area (Å²) >= 11 is 0. The smallest absolute Gasteiger partial charge is 0.246 e. The molecule has 0 spiro atoms. The average Bonchev–Trinajstić information content (AvgIpc) is 2.79. The Morgan fingerprint density at radius 3 is 2.55 bits per heavy atom. The highest BCUT2D eigenvalue weighted by atomic mass is 16.5. The quantitative estimate of drug-likeness (QED) is 0.846. The molecule has 2 heterocycles. The van der Waals surface area contributed by atoms with Crippen LogP contribution >= 0.6 is 0 Å². The lowest BCUT2D eigenvalue weighted by molar-refractivity contribution is -0.152. The van der Waals surface area contributed by atoms with Crippen LogP contribution in [0.5, 0.6) is 0 Å². The molecule has 20 heavy (non-hydrogen) atoms. The molecule has 5 heteroatoms. The second kappa shape index (κ2) is 6.12. The topological polar surface area (TPSA) is 58.6 Å². The molecular weight excluding hydrogens is 256 g/mol. The van der Waals surface area contributed by atoms with Gasteiger partial charge < -0.3 is 15.0 Å². The summed E-state index contributed by atoms with van der Waals surface area (Å²) in [5.74, 6) is 0.113. The third-order valence-corrected chi connectivity index (χ3v) is 4.30. The molecule has 4 atom stereocenters. The van der Waals surface area contributed by atoms with Gasteiger partial charge in [0.1, 0.15) is 12.1 Å². The maximum atomic E-state index is 12.6. The van der Waals surface area contributed by atoms with Crippen LogP contribution in [-0.4, -0.2) is 47.6 Å². The maximum Gasteiger partial charge on any atom is 0.246 e. The molecule has 2 aliphatic rings. The molecule has 0 aliphatic carbocycles. The highest BCUT2D eigenvalue weighted by Gasteiger charge is 2.42. The zero-order chi connectivity index (χ0) is 14.9. The molecule has 2 fully saturated rings. The van der Waals surface area contributed by atoms with Crippen LogP contribution in [0.15, 0.2) is 0 Å². The van der Waals surface area contributed by atoms with Crippen LogP contribution < -0.4 is 5.32 Å². The van der Waals surface area contributed by atoms with E-state index in [9.17, 15) is 9.59 Å². The van der Waals surface area contributed by atoms with E-state index >= 15 is 0 Å². The summed E-state index contributed by atoms with van der Waals surface area (Å²) < 4.78 is 5.81. The van der Waals surface area contributed by atoms with Crippen molar-refractivity contribution in [2.24, 2.45) is 5.92 Å². The molecule has 5 nitrogen and oxygen atoms in total. The first-order valence-corrected chi connectivity index (χ1v) is 7.70. The molecule has 0 saturated carbocycles. The van der Waals surface area contributed by atoms with Gasteiger partial charge in [0, 0.05) is 6.54 Å². The van der Waals surface area contributed by atoms with Gasteiger partial charge in [0.15, 0.2) is 0 Å². The predicted molar refractivity (Wildman–Crippen MR) is 76.1 cm³/mol. The Kier molecular flexibility index (Phi) is 4.68. The van der Waals surface area contributed by atoms with Crippen molar-refractivity contribution < 1.29 is 14.3 Å². The van der Waals surface area contributed by atoms with E-state index in [1.807, 2.05) is 20.8 Å². The summed E-state index contributed by atoms with van der Waals surface area (Å²) in [6, 6.07) is -0.749. The lowest BCUT2D eigenvalue weighted by Crippen LogP contribution is -2.65. The monoisotopic (exact) mass is 282 g/mol. The molecule has 0 aromatic heterocycles. The molecule has 114 valence electrons. The van der Waals surface area contributed by atoms with E-state index in [-0.39, 0.29) is 36.0 Å². The molecule has 0 radical (unpaired) electrons. The van der Waals surface area contributed by atoms with E-state index in [2.05, 4.69) is 12.2 Å². The lowest BCUT2D eigenvalue weighted by atomic mass is 9.96. The van der Waals surface area contributed by atoms with Gasteiger partial charge in [-0.3, -0.25) is 9.59 Å². The molecule has 2 amide bonds. The van der Waals surface area contributed by atoms with Crippen LogP contribution in [0.2, 0.25) is 0 Å². The number of piperazine rings is 1. The average molecular weight is 282 g/mol. The van der Waals surface area contributed by atoms with Crippen molar-refractivity contribution in [2.75, 3.05) is 6.54 Å². The van der Waals surface area contributed by atoms with Gasteiger partial charge in [-0.1, -0.05) is 20.8 Å². The van der Waals surface area contributed by atoms with Crippen LogP contribution in [0.1, 0.15) is 47.0 Å². The number of amides is 2. The number of carbonyl (C=O) groups excluding carboxylic acids is 2. The Morgan fingerprint density at radius 2 is 2.05 bits per heavy atom. The van der Waals surface area contributed by atoms with E-state index in [4.69, 9.17) is 4.74 Å². The normalized spacial score (nSPS) is 34.8. The van der Waals surface area contributed by atoms with Crippen LogP contribution in [0.4, 0.5) is 0 Å². The lowest BCUT2D eigenvalue weighted by Gasteiger charge is -2.41.